The van der Waals surface area contributed by atoms with Gasteiger partial charge in [0.1, 0.15) is 0 Å². The maximum absolute atomic E-state index is 12.8. The fourth-order valence-corrected chi connectivity index (χ4v) is 3.77. The van der Waals surface area contributed by atoms with Crippen LogP contribution in [-0.2, 0) is 13.6 Å². The first-order valence-electron chi connectivity index (χ1n) is 9.48. The Kier molecular flexibility index (Phi) is 4.17. The third kappa shape index (κ3) is 3.19. The third-order valence-corrected chi connectivity index (χ3v) is 5.44. The second-order valence-corrected chi connectivity index (χ2v) is 7.30. The molecule has 0 atom stereocenters. The van der Waals surface area contributed by atoms with Crippen LogP contribution < -0.4 is 5.76 Å². The van der Waals surface area contributed by atoms with Crippen LogP contribution in [-0.4, -0.2) is 61.4 Å². The Hall–Kier alpha value is -3.46. The predicted octanol–water partition coefficient (Wildman–Crippen LogP) is 1.36. The Labute approximate surface area is 165 Å². The maximum atomic E-state index is 12.8. The maximum Gasteiger partial charge on any atom is 0.419 e. The van der Waals surface area contributed by atoms with Crippen molar-refractivity contribution in [1.29, 1.82) is 0 Å². The first-order chi connectivity index (χ1) is 14.1. The molecule has 0 spiro atoms. The average molecular weight is 392 g/mol. The van der Waals surface area contributed by atoms with Crippen LogP contribution in [0.3, 0.4) is 0 Å². The highest BCUT2D eigenvalue weighted by Crippen LogP contribution is 2.17. The van der Waals surface area contributed by atoms with Crippen LogP contribution in [0.4, 0.5) is 0 Å². The second kappa shape index (κ2) is 6.85. The Bertz CT molecular complexity index is 1260. The molecule has 1 aliphatic rings. The summed E-state index contributed by atoms with van der Waals surface area (Å²) in [5.41, 5.74) is 4.45. The monoisotopic (exact) mass is 392 g/mol. The van der Waals surface area contributed by atoms with E-state index in [1.54, 1.807) is 25.6 Å². The van der Waals surface area contributed by atoms with E-state index in [1.807, 2.05) is 23.1 Å². The van der Waals surface area contributed by atoms with Crippen LogP contribution >= 0.6 is 0 Å². The zero-order valence-electron chi connectivity index (χ0n) is 16.0. The molecule has 1 saturated heterocycles. The van der Waals surface area contributed by atoms with Gasteiger partial charge >= 0.3 is 5.76 Å². The number of nitrogens with one attached hydrogen (secondary N) is 1. The van der Waals surface area contributed by atoms with Gasteiger partial charge in [0.05, 0.1) is 22.9 Å². The Morgan fingerprint density at radius 3 is 2.83 bits per heavy atom. The van der Waals surface area contributed by atoms with Crippen molar-refractivity contribution in [3.63, 3.8) is 0 Å². The van der Waals surface area contributed by atoms with Crippen LogP contribution in [0.1, 0.15) is 15.9 Å². The molecule has 29 heavy (non-hydrogen) atoms. The van der Waals surface area contributed by atoms with Crippen LogP contribution in [0.25, 0.3) is 22.3 Å². The number of imidazole rings is 1. The summed E-state index contributed by atoms with van der Waals surface area (Å²) in [5, 5.41) is 0. The van der Waals surface area contributed by atoms with Crippen LogP contribution in [0.2, 0.25) is 0 Å². The molecule has 0 radical (unpaired) electrons. The van der Waals surface area contributed by atoms with E-state index in [2.05, 4.69) is 19.9 Å². The predicted molar refractivity (Wildman–Crippen MR) is 107 cm³/mol. The molecule has 5 rings (SSSR count). The highest BCUT2D eigenvalue weighted by atomic mass is 16.4. The molecule has 1 aliphatic heterocycles. The Morgan fingerprint density at radius 2 is 2.00 bits per heavy atom. The Balaban J connectivity index is 1.24. The summed E-state index contributed by atoms with van der Waals surface area (Å²) >= 11 is 0. The number of hydrogen-bond donors (Lipinski definition) is 1. The van der Waals surface area contributed by atoms with Crippen molar-refractivity contribution in [3.05, 3.63) is 58.5 Å². The molecule has 4 heterocycles. The van der Waals surface area contributed by atoms with Crippen LogP contribution in [0.5, 0.6) is 0 Å². The molecule has 1 N–H and O–H groups in total. The van der Waals surface area contributed by atoms with E-state index in [9.17, 15) is 9.59 Å². The standard InChI is InChI=1S/C20H20N6O3/c1-24-16-8-13(2-3-17(16)29-20(24)28)11-25-4-6-26(7-5-25)19(27)14-9-15-18(21-10-14)23-12-22-15/h2-3,8-10,12H,4-7,11H2,1H3,(H,21,22,23). The fourth-order valence-electron chi connectivity index (χ4n) is 3.77. The summed E-state index contributed by atoms with van der Waals surface area (Å²) < 4.78 is 6.70. The number of piperazine rings is 1. The van der Waals surface area contributed by atoms with Gasteiger partial charge in [0.15, 0.2) is 11.2 Å². The van der Waals surface area contributed by atoms with Crippen LogP contribution in [0.15, 0.2) is 46.0 Å². The number of carbonyl (C=O) groups excluding carboxylic acids is 1. The van der Waals surface area contributed by atoms with E-state index >= 15 is 0 Å². The van der Waals surface area contributed by atoms with Gasteiger partial charge in [-0.15, -0.1) is 0 Å². The highest BCUT2D eigenvalue weighted by Gasteiger charge is 2.23. The molecule has 9 heteroatoms. The zero-order valence-corrected chi connectivity index (χ0v) is 16.0. The van der Waals surface area contributed by atoms with E-state index in [0.29, 0.717) is 29.9 Å². The van der Waals surface area contributed by atoms with E-state index in [1.165, 1.54) is 4.57 Å². The smallest absolute Gasteiger partial charge is 0.408 e. The molecule has 4 aromatic rings. The van der Waals surface area contributed by atoms with Gasteiger partial charge in [0.2, 0.25) is 0 Å². The zero-order chi connectivity index (χ0) is 20.0. The number of pyridine rings is 1. The topological polar surface area (TPSA) is 100 Å². The van der Waals surface area contributed by atoms with E-state index in [-0.39, 0.29) is 11.7 Å². The fraction of sp³-hybridized carbons (Fsp3) is 0.300. The number of carbonyl (C=O) groups is 1. The lowest BCUT2D eigenvalue weighted by atomic mass is 10.1. The second-order valence-electron chi connectivity index (χ2n) is 7.30. The lowest BCUT2D eigenvalue weighted by molar-refractivity contribution is 0.0628. The van der Waals surface area contributed by atoms with Crippen molar-refractivity contribution < 1.29 is 9.21 Å². The summed E-state index contributed by atoms with van der Waals surface area (Å²) in [7, 11) is 1.71. The summed E-state index contributed by atoms with van der Waals surface area (Å²) in [5.74, 6) is -0.365. The molecule has 1 amide bonds. The lowest BCUT2D eigenvalue weighted by Gasteiger charge is -2.34. The lowest BCUT2D eigenvalue weighted by Crippen LogP contribution is -2.48. The SMILES string of the molecule is Cn1c(=O)oc2ccc(CN3CCN(C(=O)c4cnc5nc[nH]c5c4)CC3)cc21. The average Bonchev–Trinajstić information content (AvgIpc) is 3.32. The largest absolute Gasteiger partial charge is 0.419 e. The number of rotatable bonds is 3. The van der Waals surface area contributed by atoms with Gasteiger partial charge in [0, 0.05) is 46.0 Å². The number of nitrogens with zero attached hydrogens (tertiary/aromatic N) is 5. The van der Waals surface area contributed by atoms with Gasteiger partial charge in [-0.05, 0) is 23.8 Å². The quantitative estimate of drug-likeness (QED) is 0.565. The normalized spacial score (nSPS) is 15.4. The summed E-state index contributed by atoms with van der Waals surface area (Å²) in [6.07, 6.45) is 3.16. The molecule has 0 aliphatic carbocycles. The van der Waals surface area contributed by atoms with Gasteiger partial charge in [-0.3, -0.25) is 14.3 Å². The van der Waals surface area contributed by atoms with Crippen molar-refractivity contribution >= 4 is 28.2 Å². The minimum Gasteiger partial charge on any atom is -0.408 e. The van der Waals surface area contributed by atoms with Gasteiger partial charge < -0.3 is 14.3 Å². The number of amides is 1. The van der Waals surface area contributed by atoms with Gasteiger partial charge in [-0.2, -0.15) is 0 Å². The molecular weight excluding hydrogens is 372 g/mol. The molecule has 0 saturated carbocycles. The highest BCUT2D eigenvalue weighted by molar-refractivity contribution is 5.96. The molecule has 1 aromatic carbocycles. The van der Waals surface area contributed by atoms with E-state index in [4.69, 9.17) is 4.42 Å². The van der Waals surface area contributed by atoms with Gasteiger partial charge in [0.25, 0.3) is 5.91 Å². The van der Waals surface area contributed by atoms with Crippen molar-refractivity contribution in [2.75, 3.05) is 26.2 Å². The minimum atomic E-state index is -0.355. The number of aromatic nitrogens is 4. The first-order valence-corrected chi connectivity index (χ1v) is 9.48. The summed E-state index contributed by atoms with van der Waals surface area (Å²) in [4.78, 5) is 39.9. The number of aromatic amines is 1. The summed E-state index contributed by atoms with van der Waals surface area (Å²) in [6, 6.07) is 7.61. The number of fused-ring (bicyclic) bond motifs is 2. The van der Waals surface area contributed by atoms with Crippen LogP contribution in [0, 0.1) is 0 Å². The van der Waals surface area contributed by atoms with Gasteiger partial charge in [-0.25, -0.2) is 14.8 Å². The third-order valence-electron chi connectivity index (χ3n) is 5.44. The Morgan fingerprint density at radius 1 is 1.17 bits per heavy atom. The number of benzene rings is 1. The van der Waals surface area contributed by atoms with Crippen molar-refractivity contribution in [2.45, 2.75) is 6.54 Å². The molecule has 148 valence electrons. The summed E-state index contributed by atoms with van der Waals surface area (Å²) in [6.45, 7) is 3.65. The number of aryl methyl sites for hydroxylation is 1. The molecule has 9 nitrogen and oxygen atoms in total. The molecule has 0 unspecified atom stereocenters. The number of H-pyrrole nitrogens is 1. The molecular formula is C20H20N6O3. The first kappa shape index (κ1) is 17.6. The van der Waals surface area contributed by atoms with E-state index < -0.39 is 0 Å². The van der Waals surface area contributed by atoms with Crippen molar-refractivity contribution in [1.82, 2.24) is 29.3 Å². The van der Waals surface area contributed by atoms with Crippen molar-refractivity contribution in [2.24, 2.45) is 7.05 Å². The number of hydrogen-bond acceptors (Lipinski definition) is 6. The molecule has 1 fully saturated rings. The van der Waals surface area contributed by atoms with E-state index in [0.717, 1.165) is 36.2 Å². The van der Waals surface area contributed by atoms with Crippen molar-refractivity contribution in [3.8, 4) is 0 Å². The number of oxazole rings is 1. The van der Waals surface area contributed by atoms with Gasteiger partial charge in [-0.1, -0.05) is 6.07 Å². The molecule has 3 aromatic heterocycles. The minimum absolute atomic E-state index is 0.0107. The molecule has 0 bridgehead atoms.